The molecule has 0 aromatic carbocycles. The predicted molar refractivity (Wildman–Crippen MR) is 35.5 cm³/mol. The Hall–Kier alpha value is -0.280. The third kappa shape index (κ3) is 1.34. The Morgan fingerprint density at radius 3 is 1.89 bits per heavy atom. The molecule has 0 aliphatic heterocycles. The van der Waals surface area contributed by atoms with Crippen molar-refractivity contribution in [1.29, 1.82) is 0 Å². The summed E-state index contributed by atoms with van der Waals surface area (Å²) in [5.41, 5.74) is 1.46. The van der Waals surface area contributed by atoms with E-state index in [9.17, 15) is 0 Å². The second kappa shape index (κ2) is 3.03. The molecule has 0 bridgehead atoms. The maximum atomic E-state index is 5.47. The molecule has 3 nitrogen and oxygen atoms in total. The highest BCUT2D eigenvalue weighted by Crippen LogP contribution is 2.06. The maximum absolute atomic E-state index is 5.47. The van der Waals surface area contributed by atoms with Crippen LogP contribution in [-0.2, 0) is 11.8 Å². The largest absolute Gasteiger partial charge is 0.197 e. The summed E-state index contributed by atoms with van der Waals surface area (Å²) >= 11 is 10.9. The number of nitrogens with one attached hydrogen (secondary N) is 1. The fourth-order valence-electron chi connectivity index (χ4n) is 0.489. The van der Waals surface area contributed by atoms with E-state index in [1.807, 2.05) is 0 Å². The smallest absolute Gasteiger partial charge is 0.102 e. The second-order valence-electron chi connectivity index (χ2n) is 1.48. The molecule has 9 heavy (non-hydrogen) atoms. The Balaban J connectivity index is 2.85. The molecule has 0 spiro atoms. The van der Waals surface area contributed by atoms with E-state index in [-0.39, 0.29) is 0 Å². The molecule has 5 heteroatoms. The van der Waals surface area contributed by atoms with Crippen molar-refractivity contribution < 1.29 is 0 Å². The van der Waals surface area contributed by atoms with Crippen LogP contribution in [0, 0.1) is 0 Å². The highest BCUT2D eigenvalue weighted by atomic mass is 35.5. The molecule has 1 aromatic rings. The molecule has 0 saturated heterocycles. The van der Waals surface area contributed by atoms with Gasteiger partial charge in [0.2, 0.25) is 0 Å². The lowest BCUT2D eigenvalue weighted by atomic mass is 10.4. The van der Waals surface area contributed by atoms with E-state index in [0.29, 0.717) is 11.8 Å². The quantitative estimate of drug-likeness (QED) is 0.672. The fourth-order valence-corrected chi connectivity index (χ4v) is 0.917. The van der Waals surface area contributed by atoms with Crippen LogP contribution in [0.15, 0.2) is 0 Å². The summed E-state index contributed by atoms with van der Waals surface area (Å²) in [4.78, 5) is 0. The molecular weight excluding hydrogens is 161 g/mol. The third-order valence-electron chi connectivity index (χ3n) is 0.956. The SMILES string of the molecule is ClCc1n[nH]nc1CCl. The Bertz CT molecular complexity index is 167. The lowest BCUT2D eigenvalue weighted by molar-refractivity contribution is 0.917. The van der Waals surface area contributed by atoms with Crippen LogP contribution in [0.3, 0.4) is 0 Å². The third-order valence-corrected chi connectivity index (χ3v) is 1.46. The van der Waals surface area contributed by atoms with E-state index < -0.39 is 0 Å². The van der Waals surface area contributed by atoms with Crippen LogP contribution >= 0.6 is 23.2 Å². The van der Waals surface area contributed by atoms with Gasteiger partial charge in [-0.25, -0.2) is 0 Å². The van der Waals surface area contributed by atoms with Gasteiger partial charge in [0, 0.05) is 0 Å². The first-order valence-corrected chi connectivity index (χ1v) is 3.46. The van der Waals surface area contributed by atoms with Gasteiger partial charge in [0.15, 0.2) is 0 Å². The number of rotatable bonds is 2. The van der Waals surface area contributed by atoms with Gasteiger partial charge in [-0.05, 0) is 0 Å². The van der Waals surface area contributed by atoms with E-state index in [1.54, 1.807) is 0 Å². The minimum Gasteiger partial charge on any atom is -0.197 e. The lowest BCUT2D eigenvalue weighted by Crippen LogP contribution is -1.84. The van der Waals surface area contributed by atoms with E-state index >= 15 is 0 Å². The minimum absolute atomic E-state index is 0.360. The maximum Gasteiger partial charge on any atom is 0.102 e. The molecule has 0 aliphatic carbocycles. The van der Waals surface area contributed by atoms with Crippen molar-refractivity contribution in [2.45, 2.75) is 11.8 Å². The molecule has 0 saturated carbocycles. The van der Waals surface area contributed by atoms with E-state index in [0.717, 1.165) is 11.4 Å². The van der Waals surface area contributed by atoms with Crippen LogP contribution in [-0.4, -0.2) is 15.4 Å². The van der Waals surface area contributed by atoms with Crippen LogP contribution in [0.1, 0.15) is 11.4 Å². The molecule has 0 unspecified atom stereocenters. The summed E-state index contributed by atoms with van der Waals surface area (Å²) in [5.74, 6) is 0.719. The van der Waals surface area contributed by atoms with Crippen LogP contribution in [0.2, 0.25) is 0 Å². The summed E-state index contributed by atoms with van der Waals surface area (Å²) < 4.78 is 0. The number of hydrogen-bond donors (Lipinski definition) is 1. The number of H-pyrrole nitrogens is 1. The summed E-state index contributed by atoms with van der Waals surface area (Å²) in [6.45, 7) is 0. The minimum atomic E-state index is 0.360. The number of hydrogen-bond acceptors (Lipinski definition) is 2. The van der Waals surface area contributed by atoms with Crippen LogP contribution < -0.4 is 0 Å². The number of halogens is 2. The van der Waals surface area contributed by atoms with Crippen molar-refractivity contribution in [3.05, 3.63) is 11.4 Å². The first kappa shape index (κ1) is 6.83. The van der Waals surface area contributed by atoms with Gasteiger partial charge in [-0.3, -0.25) is 0 Å². The van der Waals surface area contributed by atoms with E-state index in [1.165, 1.54) is 0 Å². The number of aromatic amines is 1. The van der Waals surface area contributed by atoms with Gasteiger partial charge in [0.05, 0.1) is 11.8 Å². The summed E-state index contributed by atoms with van der Waals surface area (Å²) in [5, 5.41) is 9.94. The monoisotopic (exact) mass is 165 g/mol. The first-order valence-electron chi connectivity index (χ1n) is 2.39. The normalized spacial score (nSPS) is 10.0. The van der Waals surface area contributed by atoms with Crippen molar-refractivity contribution in [1.82, 2.24) is 15.4 Å². The molecule has 0 radical (unpaired) electrons. The average Bonchev–Trinajstić information content (AvgIpc) is 2.33. The molecule has 1 N–H and O–H groups in total. The van der Waals surface area contributed by atoms with Gasteiger partial charge in [-0.2, -0.15) is 15.4 Å². The number of nitrogens with zero attached hydrogens (tertiary/aromatic N) is 2. The molecule has 1 rings (SSSR count). The van der Waals surface area contributed by atoms with E-state index in [2.05, 4.69) is 15.4 Å². The summed E-state index contributed by atoms with van der Waals surface area (Å²) in [7, 11) is 0. The van der Waals surface area contributed by atoms with Gasteiger partial charge in [-0.1, -0.05) is 0 Å². The molecule has 1 heterocycles. The van der Waals surface area contributed by atoms with Gasteiger partial charge < -0.3 is 0 Å². The molecule has 0 fully saturated rings. The Labute approximate surface area is 62.4 Å². The molecule has 1 aromatic heterocycles. The standard InChI is InChI=1S/C4H5Cl2N3/c5-1-3-4(2-6)8-9-7-3/h1-2H2,(H,7,8,9). The fraction of sp³-hybridized carbons (Fsp3) is 0.500. The number of aromatic nitrogens is 3. The van der Waals surface area contributed by atoms with Crippen LogP contribution in [0.5, 0.6) is 0 Å². The van der Waals surface area contributed by atoms with Crippen LogP contribution in [0.4, 0.5) is 0 Å². The topological polar surface area (TPSA) is 41.6 Å². The molecular formula is C4H5Cl2N3. The summed E-state index contributed by atoms with van der Waals surface area (Å²) in [6, 6.07) is 0. The van der Waals surface area contributed by atoms with Gasteiger partial charge >= 0.3 is 0 Å². The highest BCUT2D eigenvalue weighted by Gasteiger charge is 2.02. The Kier molecular flexibility index (Phi) is 2.30. The van der Waals surface area contributed by atoms with Crippen molar-refractivity contribution in [2.24, 2.45) is 0 Å². The van der Waals surface area contributed by atoms with Gasteiger partial charge in [0.25, 0.3) is 0 Å². The van der Waals surface area contributed by atoms with Crippen molar-refractivity contribution in [3.8, 4) is 0 Å². The van der Waals surface area contributed by atoms with Gasteiger partial charge in [0.1, 0.15) is 11.4 Å². The number of alkyl halides is 2. The first-order chi connectivity index (χ1) is 4.38. The van der Waals surface area contributed by atoms with Crippen molar-refractivity contribution in [2.75, 3.05) is 0 Å². The van der Waals surface area contributed by atoms with E-state index in [4.69, 9.17) is 23.2 Å². The van der Waals surface area contributed by atoms with Crippen molar-refractivity contribution >= 4 is 23.2 Å². The summed E-state index contributed by atoms with van der Waals surface area (Å²) in [6.07, 6.45) is 0. The second-order valence-corrected chi connectivity index (χ2v) is 2.02. The molecule has 0 aliphatic rings. The molecule has 0 atom stereocenters. The molecule has 0 amide bonds. The lowest BCUT2D eigenvalue weighted by Gasteiger charge is -1.85. The van der Waals surface area contributed by atoms with Crippen molar-refractivity contribution in [3.63, 3.8) is 0 Å². The zero-order valence-corrected chi connectivity index (χ0v) is 6.08. The Morgan fingerprint density at radius 1 is 1.11 bits per heavy atom. The zero-order chi connectivity index (χ0) is 6.69. The van der Waals surface area contributed by atoms with Crippen LogP contribution in [0.25, 0.3) is 0 Å². The highest BCUT2D eigenvalue weighted by molar-refractivity contribution is 6.18. The molecule has 50 valence electrons. The predicted octanol–water partition coefficient (Wildman–Crippen LogP) is 1.28. The average molecular weight is 166 g/mol. The van der Waals surface area contributed by atoms with Gasteiger partial charge in [-0.15, -0.1) is 23.2 Å². The Morgan fingerprint density at radius 2 is 1.56 bits per heavy atom. The zero-order valence-electron chi connectivity index (χ0n) is 4.56.